The van der Waals surface area contributed by atoms with Gasteiger partial charge in [0.15, 0.2) is 0 Å². The third kappa shape index (κ3) is 2.44. The molecule has 6 heteroatoms. The number of hydrogen-bond donors (Lipinski definition) is 1. The molecule has 1 heterocycles. The number of halogens is 3. The van der Waals surface area contributed by atoms with Crippen LogP contribution in [0.1, 0.15) is 23.4 Å². The zero-order valence-electron chi connectivity index (χ0n) is 7.67. The second-order valence-electron chi connectivity index (χ2n) is 2.81. The highest BCUT2D eigenvalue weighted by Crippen LogP contribution is 2.21. The Bertz CT molecular complexity index is 398. The van der Waals surface area contributed by atoms with Crippen LogP contribution in [0.4, 0.5) is 13.2 Å². The van der Waals surface area contributed by atoms with Gasteiger partial charge >= 0.3 is 0 Å². The maximum atomic E-state index is 13.4. The quantitative estimate of drug-likeness (QED) is 0.834. The Balaban J connectivity index is 3.26. The van der Waals surface area contributed by atoms with Gasteiger partial charge in [-0.3, -0.25) is 0 Å². The molecule has 0 saturated heterocycles. The first-order valence-electron chi connectivity index (χ1n) is 4.13. The van der Waals surface area contributed by atoms with E-state index >= 15 is 0 Å². The van der Waals surface area contributed by atoms with Gasteiger partial charge in [0, 0.05) is 12.1 Å². The summed E-state index contributed by atoms with van der Waals surface area (Å²) in [4.78, 5) is 3.37. The summed E-state index contributed by atoms with van der Waals surface area (Å²) < 4.78 is 38.0. The van der Waals surface area contributed by atoms with Crippen molar-refractivity contribution in [3.8, 4) is 6.07 Å². The molecule has 2 N–H and O–H groups in total. The van der Waals surface area contributed by atoms with E-state index in [1.165, 1.54) is 0 Å². The molecule has 0 aliphatic rings. The number of rotatable bonds is 3. The van der Waals surface area contributed by atoms with E-state index < -0.39 is 17.9 Å². The summed E-state index contributed by atoms with van der Waals surface area (Å²) in [5, 5.41) is 8.38. The van der Waals surface area contributed by atoms with Gasteiger partial charge in [0.1, 0.15) is 11.5 Å². The zero-order chi connectivity index (χ0) is 11.4. The molecule has 0 radical (unpaired) electrons. The predicted molar refractivity (Wildman–Crippen MR) is 46.4 cm³/mol. The van der Waals surface area contributed by atoms with Crippen molar-refractivity contribution in [2.75, 3.05) is 0 Å². The number of nitriles is 1. The molecule has 3 nitrogen and oxygen atoms in total. The van der Waals surface area contributed by atoms with Crippen LogP contribution in [0.25, 0.3) is 0 Å². The topological polar surface area (TPSA) is 62.7 Å². The smallest absolute Gasteiger partial charge is 0.280 e. The molecule has 0 aromatic carbocycles. The fourth-order valence-corrected chi connectivity index (χ4v) is 1.13. The van der Waals surface area contributed by atoms with Crippen molar-refractivity contribution in [1.29, 1.82) is 5.26 Å². The van der Waals surface area contributed by atoms with Gasteiger partial charge in [-0.15, -0.1) is 0 Å². The first-order valence-corrected chi connectivity index (χ1v) is 4.13. The minimum Gasteiger partial charge on any atom is -0.325 e. The largest absolute Gasteiger partial charge is 0.325 e. The molecule has 1 rings (SSSR count). The Kier molecular flexibility index (Phi) is 3.63. The first-order chi connectivity index (χ1) is 7.10. The molecule has 0 saturated carbocycles. The summed E-state index contributed by atoms with van der Waals surface area (Å²) in [6, 6.07) is 2.58. The Hall–Kier alpha value is -1.61. The third-order valence-corrected chi connectivity index (χ3v) is 1.81. The van der Waals surface area contributed by atoms with Gasteiger partial charge in [0.05, 0.1) is 18.2 Å². The minimum absolute atomic E-state index is 0.0942. The van der Waals surface area contributed by atoms with E-state index in [0.717, 1.165) is 6.07 Å². The molecule has 0 unspecified atom stereocenters. The lowest BCUT2D eigenvalue weighted by molar-refractivity contribution is 0.145. The molecule has 80 valence electrons. The Morgan fingerprint density at radius 3 is 2.67 bits per heavy atom. The molecular weight excluding hydrogens is 207 g/mol. The van der Waals surface area contributed by atoms with E-state index in [9.17, 15) is 13.2 Å². The summed E-state index contributed by atoms with van der Waals surface area (Å²) >= 11 is 0. The number of alkyl halides is 2. The van der Waals surface area contributed by atoms with Crippen molar-refractivity contribution in [3.63, 3.8) is 0 Å². The standard InChI is InChI=1S/C9H8F3N3/c10-8-5(1-2-13)3-6(9(11)12)15-7(8)4-14/h3,9H,1,4,14H2. The summed E-state index contributed by atoms with van der Waals surface area (Å²) in [7, 11) is 0. The lowest BCUT2D eigenvalue weighted by atomic mass is 10.1. The van der Waals surface area contributed by atoms with E-state index in [0.29, 0.717) is 0 Å². The summed E-state index contributed by atoms with van der Waals surface area (Å²) in [6.45, 7) is -0.273. The SMILES string of the molecule is N#CCc1cc(C(F)F)nc(CN)c1F. The fraction of sp³-hybridized carbons (Fsp3) is 0.333. The normalized spacial score (nSPS) is 10.4. The molecule has 0 aliphatic carbocycles. The van der Waals surface area contributed by atoms with Crippen LogP contribution in [0, 0.1) is 17.1 Å². The average Bonchev–Trinajstić information content (AvgIpc) is 2.21. The number of pyridine rings is 1. The molecule has 0 aliphatic heterocycles. The Morgan fingerprint density at radius 2 is 2.20 bits per heavy atom. The Morgan fingerprint density at radius 1 is 1.53 bits per heavy atom. The molecule has 0 fully saturated rings. The van der Waals surface area contributed by atoms with Crippen LogP contribution in [0.5, 0.6) is 0 Å². The van der Waals surface area contributed by atoms with Crippen LogP contribution in [-0.4, -0.2) is 4.98 Å². The molecule has 0 atom stereocenters. The molecule has 0 spiro atoms. The molecule has 0 bridgehead atoms. The molecular formula is C9H8F3N3. The fourth-order valence-electron chi connectivity index (χ4n) is 1.13. The van der Waals surface area contributed by atoms with Crippen LogP contribution in [0.15, 0.2) is 6.07 Å². The molecule has 1 aromatic rings. The van der Waals surface area contributed by atoms with E-state index in [1.807, 2.05) is 0 Å². The number of nitrogens with zero attached hydrogens (tertiary/aromatic N) is 2. The molecule has 0 amide bonds. The van der Waals surface area contributed by atoms with Gasteiger partial charge in [-0.05, 0) is 6.07 Å². The highest BCUT2D eigenvalue weighted by molar-refractivity contribution is 5.26. The van der Waals surface area contributed by atoms with Crippen molar-refractivity contribution in [2.45, 2.75) is 19.4 Å². The van der Waals surface area contributed by atoms with Crippen LogP contribution in [0.3, 0.4) is 0 Å². The van der Waals surface area contributed by atoms with E-state index in [4.69, 9.17) is 11.0 Å². The summed E-state index contributed by atoms with van der Waals surface area (Å²) in [5.41, 5.74) is 4.27. The van der Waals surface area contributed by atoms with Crippen LogP contribution in [0.2, 0.25) is 0 Å². The van der Waals surface area contributed by atoms with Crippen molar-refractivity contribution < 1.29 is 13.2 Å². The van der Waals surface area contributed by atoms with E-state index in [1.54, 1.807) is 6.07 Å². The monoisotopic (exact) mass is 215 g/mol. The summed E-state index contributed by atoms with van der Waals surface area (Å²) in [6.07, 6.45) is -3.07. The van der Waals surface area contributed by atoms with Gasteiger partial charge in [-0.1, -0.05) is 0 Å². The first kappa shape index (κ1) is 11.5. The summed E-state index contributed by atoms with van der Waals surface area (Å²) in [5.74, 6) is -0.775. The highest BCUT2D eigenvalue weighted by Gasteiger charge is 2.16. The third-order valence-electron chi connectivity index (χ3n) is 1.81. The predicted octanol–water partition coefficient (Wildman–Crippen LogP) is 1.68. The second kappa shape index (κ2) is 4.75. The maximum absolute atomic E-state index is 13.4. The maximum Gasteiger partial charge on any atom is 0.280 e. The lowest BCUT2D eigenvalue weighted by Gasteiger charge is -2.07. The van der Waals surface area contributed by atoms with Crippen LogP contribution >= 0.6 is 0 Å². The van der Waals surface area contributed by atoms with Gasteiger partial charge in [-0.2, -0.15) is 5.26 Å². The van der Waals surface area contributed by atoms with Gasteiger partial charge in [-0.25, -0.2) is 18.2 Å². The molecule has 1 aromatic heterocycles. The van der Waals surface area contributed by atoms with Crippen molar-refractivity contribution in [1.82, 2.24) is 4.98 Å². The number of hydrogen-bond acceptors (Lipinski definition) is 3. The molecule has 15 heavy (non-hydrogen) atoms. The van der Waals surface area contributed by atoms with Crippen LogP contribution in [-0.2, 0) is 13.0 Å². The lowest BCUT2D eigenvalue weighted by Crippen LogP contribution is -2.08. The van der Waals surface area contributed by atoms with Crippen molar-refractivity contribution in [2.24, 2.45) is 5.73 Å². The average molecular weight is 215 g/mol. The van der Waals surface area contributed by atoms with E-state index in [2.05, 4.69) is 4.98 Å². The number of nitrogens with two attached hydrogens (primary N) is 1. The Labute approximate surface area is 84.3 Å². The van der Waals surface area contributed by atoms with Crippen molar-refractivity contribution in [3.05, 3.63) is 28.8 Å². The second-order valence-corrected chi connectivity index (χ2v) is 2.81. The van der Waals surface area contributed by atoms with E-state index in [-0.39, 0.29) is 24.2 Å². The van der Waals surface area contributed by atoms with Gasteiger partial charge < -0.3 is 5.73 Å². The highest BCUT2D eigenvalue weighted by atomic mass is 19.3. The minimum atomic E-state index is -2.80. The van der Waals surface area contributed by atoms with Crippen LogP contribution < -0.4 is 5.73 Å². The van der Waals surface area contributed by atoms with Crippen molar-refractivity contribution >= 4 is 0 Å². The van der Waals surface area contributed by atoms with Gasteiger partial charge in [0.25, 0.3) is 6.43 Å². The zero-order valence-corrected chi connectivity index (χ0v) is 7.67. The number of aromatic nitrogens is 1. The van der Waals surface area contributed by atoms with Gasteiger partial charge in [0.2, 0.25) is 0 Å².